The van der Waals surface area contributed by atoms with Crippen molar-refractivity contribution in [1.82, 2.24) is 10.2 Å². The molecule has 38 heavy (non-hydrogen) atoms. The molecule has 2 aromatic carbocycles. The maximum atomic E-state index is 11.6. The Hall–Kier alpha value is -3.10. The third kappa shape index (κ3) is 9.65. The summed E-state index contributed by atoms with van der Waals surface area (Å²) in [4.78, 5) is 33.6. The van der Waals surface area contributed by atoms with E-state index in [1.54, 1.807) is 14.2 Å². The third-order valence-electron chi connectivity index (χ3n) is 7.14. The number of hydrogen-bond donors (Lipinski definition) is 1. The minimum absolute atomic E-state index is 0.271. The Labute approximate surface area is 226 Å². The van der Waals surface area contributed by atoms with Crippen LogP contribution in [0.2, 0.25) is 0 Å². The number of rotatable bonds is 15. The molecule has 2 aromatic rings. The summed E-state index contributed by atoms with van der Waals surface area (Å²) in [6.07, 6.45) is 6.63. The predicted octanol–water partition coefficient (Wildman–Crippen LogP) is 4.72. The molecule has 0 aromatic heterocycles. The SMILES string of the molecule is COc1ccc(C(c2ccc(OC)cc2)C2CCN(CCCCCCNC(=O)COOC(C)=O)CC2)cc1. The zero-order valence-electron chi connectivity index (χ0n) is 22.9. The highest BCUT2D eigenvalue weighted by Gasteiger charge is 2.29. The Morgan fingerprint density at radius 2 is 1.42 bits per heavy atom. The van der Waals surface area contributed by atoms with E-state index in [1.807, 2.05) is 0 Å². The van der Waals surface area contributed by atoms with E-state index in [4.69, 9.17) is 9.47 Å². The second-order valence-corrected chi connectivity index (χ2v) is 9.80. The number of unbranched alkanes of at least 4 members (excludes halogenated alkanes) is 3. The molecule has 0 saturated carbocycles. The van der Waals surface area contributed by atoms with Gasteiger partial charge in [-0.1, -0.05) is 37.1 Å². The number of ether oxygens (including phenoxy) is 2. The Kier molecular flexibility index (Phi) is 12.4. The van der Waals surface area contributed by atoms with Gasteiger partial charge in [0.15, 0.2) is 6.61 Å². The molecule has 1 heterocycles. The summed E-state index contributed by atoms with van der Waals surface area (Å²) in [5.41, 5.74) is 2.67. The molecule has 1 aliphatic heterocycles. The maximum Gasteiger partial charge on any atom is 0.339 e. The van der Waals surface area contributed by atoms with Crippen molar-refractivity contribution in [2.75, 3.05) is 47.0 Å². The molecule has 0 radical (unpaired) electrons. The Bertz CT molecular complexity index is 924. The summed E-state index contributed by atoms with van der Waals surface area (Å²) in [5, 5.41) is 2.77. The summed E-state index contributed by atoms with van der Waals surface area (Å²) in [6, 6.07) is 17.1. The minimum atomic E-state index is -0.573. The molecule has 1 fully saturated rings. The molecule has 0 spiro atoms. The first-order valence-electron chi connectivity index (χ1n) is 13.6. The van der Waals surface area contributed by atoms with Gasteiger partial charge < -0.3 is 19.7 Å². The van der Waals surface area contributed by atoms with Gasteiger partial charge in [0.2, 0.25) is 5.91 Å². The zero-order chi connectivity index (χ0) is 27.2. The van der Waals surface area contributed by atoms with Crippen molar-refractivity contribution in [3.8, 4) is 11.5 Å². The monoisotopic (exact) mass is 526 g/mol. The lowest BCUT2D eigenvalue weighted by atomic mass is 9.76. The van der Waals surface area contributed by atoms with E-state index in [2.05, 4.69) is 68.5 Å². The van der Waals surface area contributed by atoms with Crippen LogP contribution < -0.4 is 14.8 Å². The highest BCUT2D eigenvalue weighted by atomic mass is 17.2. The van der Waals surface area contributed by atoms with Crippen LogP contribution in [0.25, 0.3) is 0 Å². The largest absolute Gasteiger partial charge is 0.497 e. The number of nitrogens with one attached hydrogen (secondary N) is 1. The number of carbonyl (C=O) groups is 2. The third-order valence-corrected chi connectivity index (χ3v) is 7.14. The Balaban J connectivity index is 1.40. The molecule has 8 nitrogen and oxygen atoms in total. The Morgan fingerprint density at radius 3 is 1.95 bits per heavy atom. The molecule has 1 amide bonds. The van der Waals surface area contributed by atoms with Gasteiger partial charge in [-0.25, -0.2) is 4.79 Å². The summed E-state index contributed by atoms with van der Waals surface area (Å²) in [6.45, 7) is 4.91. The molecule has 1 saturated heterocycles. The average Bonchev–Trinajstić information content (AvgIpc) is 2.94. The highest BCUT2D eigenvalue weighted by Crippen LogP contribution is 2.39. The highest BCUT2D eigenvalue weighted by molar-refractivity contribution is 5.77. The van der Waals surface area contributed by atoms with Gasteiger partial charge >= 0.3 is 5.97 Å². The van der Waals surface area contributed by atoms with Crippen LogP contribution in [0.5, 0.6) is 11.5 Å². The van der Waals surface area contributed by atoms with Crippen LogP contribution in [-0.2, 0) is 19.4 Å². The van der Waals surface area contributed by atoms with Gasteiger partial charge in [0, 0.05) is 19.4 Å². The topological polar surface area (TPSA) is 86.3 Å². The van der Waals surface area contributed by atoms with E-state index in [-0.39, 0.29) is 12.5 Å². The van der Waals surface area contributed by atoms with E-state index in [0.717, 1.165) is 56.8 Å². The van der Waals surface area contributed by atoms with E-state index in [1.165, 1.54) is 30.9 Å². The number of hydrogen-bond acceptors (Lipinski definition) is 7. The summed E-state index contributed by atoms with van der Waals surface area (Å²) >= 11 is 0. The molecule has 0 atom stereocenters. The summed E-state index contributed by atoms with van der Waals surface area (Å²) in [5.74, 6) is 1.85. The smallest absolute Gasteiger partial charge is 0.339 e. The fourth-order valence-electron chi connectivity index (χ4n) is 5.13. The normalized spacial score (nSPS) is 14.3. The van der Waals surface area contributed by atoms with E-state index in [0.29, 0.717) is 18.4 Å². The molecule has 8 heteroatoms. The fraction of sp³-hybridized carbons (Fsp3) is 0.533. The summed E-state index contributed by atoms with van der Waals surface area (Å²) < 4.78 is 10.8. The first-order chi connectivity index (χ1) is 18.5. The Morgan fingerprint density at radius 1 is 0.868 bits per heavy atom. The van der Waals surface area contributed by atoms with Gasteiger partial charge in [-0.15, -0.1) is 0 Å². The molecule has 0 unspecified atom stereocenters. The van der Waals surface area contributed by atoms with Crippen LogP contribution in [0, 0.1) is 5.92 Å². The van der Waals surface area contributed by atoms with Gasteiger partial charge in [0.25, 0.3) is 0 Å². The standard InChI is InChI=1S/C30H42N2O6/c1-23(33)38-37-22-29(34)31-18-6-4-5-7-19-32-20-16-26(17-21-32)30(24-8-12-27(35-2)13-9-24)25-10-14-28(36-3)15-11-25/h8-15,26,30H,4-7,16-22H2,1-3H3,(H,31,34). The molecular formula is C30H42N2O6. The quantitative estimate of drug-likeness (QED) is 0.204. The lowest BCUT2D eigenvalue weighted by Gasteiger charge is -2.36. The predicted molar refractivity (Wildman–Crippen MR) is 146 cm³/mol. The molecule has 3 rings (SSSR count). The van der Waals surface area contributed by atoms with Gasteiger partial charge in [0.1, 0.15) is 11.5 Å². The van der Waals surface area contributed by atoms with Crippen molar-refractivity contribution in [3.05, 3.63) is 59.7 Å². The molecule has 1 aliphatic rings. The second kappa shape index (κ2) is 16.0. The van der Waals surface area contributed by atoms with Crippen molar-refractivity contribution >= 4 is 11.9 Å². The number of benzene rings is 2. The van der Waals surface area contributed by atoms with Crippen LogP contribution >= 0.6 is 0 Å². The van der Waals surface area contributed by atoms with Crippen molar-refractivity contribution in [2.24, 2.45) is 5.92 Å². The molecule has 1 N–H and O–H groups in total. The van der Waals surface area contributed by atoms with Gasteiger partial charge in [-0.05, 0) is 86.6 Å². The van der Waals surface area contributed by atoms with E-state index >= 15 is 0 Å². The molecule has 0 bridgehead atoms. The van der Waals surface area contributed by atoms with Gasteiger partial charge in [-0.3, -0.25) is 9.68 Å². The summed E-state index contributed by atoms with van der Waals surface area (Å²) in [7, 11) is 3.41. The molecular weight excluding hydrogens is 484 g/mol. The lowest BCUT2D eigenvalue weighted by Crippen LogP contribution is -2.36. The van der Waals surface area contributed by atoms with Crippen LogP contribution in [0.3, 0.4) is 0 Å². The van der Waals surface area contributed by atoms with E-state index in [9.17, 15) is 9.59 Å². The van der Waals surface area contributed by atoms with Gasteiger partial charge in [-0.2, -0.15) is 4.89 Å². The van der Waals surface area contributed by atoms with Crippen LogP contribution in [0.4, 0.5) is 0 Å². The number of likely N-dealkylation sites (tertiary alicyclic amines) is 1. The van der Waals surface area contributed by atoms with Crippen molar-refractivity contribution < 1.29 is 28.8 Å². The average molecular weight is 527 g/mol. The number of carbonyl (C=O) groups excluding carboxylic acids is 2. The number of nitrogens with zero attached hydrogens (tertiary/aromatic N) is 1. The number of piperidine rings is 1. The van der Waals surface area contributed by atoms with Crippen LogP contribution in [0.15, 0.2) is 48.5 Å². The van der Waals surface area contributed by atoms with Gasteiger partial charge in [0.05, 0.1) is 14.2 Å². The van der Waals surface area contributed by atoms with Crippen molar-refractivity contribution in [3.63, 3.8) is 0 Å². The van der Waals surface area contributed by atoms with E-state index < -0.39 is 5.97 Å². The zero-order valence-corrected chi connectivity index (χ0v) is 22.9. The lowest BCUT2D eigenvalue weighted by molar-refractivity contribution is -0.266. The minimum Gasteiger partial charge on any atom is -0.497 e. The van der Waals surface area contributed by atoms with Crippen LogP contribution in [-0.4, -0.2) is 63.8 Å². The number of amides is 1. The van der Waals surface area contributed by atoms with Crippen LogP contribution in [0.1, 0.15) is 62.5 Å². The molecule has 0 aliphatic carbocycles. The van der Waals surface area contributed by atoms with Crippen molar-refractivity contribution in [1.29, 1.82) is 0 Å². The number of methoxy groups -OCH3 is 2. The first kappa shape index (κ1) is 29.5. The fourth-order valence-corrected chi connectivity index (χ4v) is 5.13. The maximum absolute atomic E-state index is 11.6. The first-order valence-corrected chi connectivity index (χ1v) is 13.6. The second-order valence-electron chi connectivity index (χ2n) is 9.80. The van der Waals surface area contributed by atoms with Crippen molar-refractivity contribution in [2.45, 2.75) is 51.4 Å². The molecule has 208 valence electrons.